The molecule has 2 aromatic carbocycles. The highest BCUT2D eigenvalue weighted by Gasteiger charge is 2.15. The van der Waals surface area contributed by atoms with Gasteiger partial charge in [-0.05, 0) is 42.3 Å². The number of carbonyl (C=O) groups is 3. The number of amides is 1. The van der Waals surface area contributed by atoms with E-state index in [2.05, 4.69) is 5.32 Å². The van der Waals surface area contributed by atoms with Crippen LogP contribution >= 0.6 is 11.3 Å². The average molecular weight is 410 g/mol. The number of hydrogen-bond donors (Lipinski definition) is 1. The minimum Gasteiger partial charge on any atom is -0.456 e. The van der Waals surface area contributed by atoms with Gasteiger partial charge in [-0.25, -0.2) is 0 Å². The molecule has 0 spiro atoms. The summed E-state index contributed by atoms with van der Waals surface area (Å²) in [6.45, 7) is 3.46. The summed E-state index contributed by atoms with van der Waals surface area (Å²) >= 11 is 1.41. The molecular weight excluding hydrogens is 386 g/mol. The SMILES string of the molecule is Cc1ccc(C(=O)CCC(=O)OCC(=O)N[C@@H](C)c2cccc3ccccc23)s1. The van der Waals surface area contributed by atoms with E-state index in [9.17, 15) is 14.4 Å². The lowest BCUT2D eigenvalue weighted by Crippen LogP contribution is -2.31. The van der Waals surface area contributed by atoms with Gasteiger partial charge in [-0.2, -0.15) is 0 Å². The van der Waals surface area contributed by atoms with Crippen molar-refractivity contribution in [2.24, 2.45) is 0 Å². The summed E-state index contributed by atoms with van der Waals surface area (Å²) in [6.07, 6.45) is 0.0365. The molecule has 0 radical (unpaired) electrons. The maximum Gasteiger partial charge on any atom is 0.306 e. The number of nitrogens with one attached hydrogen (secondary N) is 1. The number of Topliss-reactive ketones (excluding diaryl/α,β-unsaturated/α-hetero) is 1. The number of thiophene rings is 1. The number of rotatable bonds is 8. The fourth-order valence-corrected chi connectivity index (χ4v) is 3.97. The van der Waals surface area contributed by atoms with E-state index in [1.165, 1.54) is 11.3 Å². The van der Waals surface area contributed by atoms with Gasteiger partial charge in [-0.15, -0.1) is 11.3 Å². The number of benzene rings is 2. The first-order valence-electron chi connectivity index (χ1n) is 9.46. The summed E-state index contributed by atoms with van der Waals surface area (Å²) in [5.41, 5.74) is 1.000. The lowest BCUT2D eigenvalue weighted by atomic mass is 10.00. The van der Waals surface area contributed by atoms with Crippen LogP contribution in [0.5, 0.6) is 0 Å². The van der Waals surface area contributed by atoms with Crippen molar-refractivity contribution in [3.8, 4) is 0 Å². The number of hydrogen-bond acceptors (Lipinski definition) is 5. The van der Waals surface area contributed by atoms with Crippen LogP contribution in [0, 0.1) is 6.92 Å². The lowest BCUT2D eigenvalue weighted by molar-refractivity contribution is -0.148. The standard InChI is InChI=1S/C23H23NO4S/c1-15-10-12-21(29-15)20(25)11-13-23(27)28-14-22(26)24-16(2)18-9-5-7-17-6-3-4-8-19(17)18/h3-10,12,16H,11,13-14H2,1-2H3,(H,24,26)/t16-/m0/s1. The molecule has 0 fully saturated rings. The van der Waals surface area contributed by atoms with Crippen molar-refractivity contribution in [3.05, 3.63) is 69.9 Å². The Kier molecular flexibility index (Phi) is 6.77. The Balaban J connectivity index is 1.46. The molecule has 150 valence electrons. The van der Waals surface area contributed by atoms with E-state index in [4.69, 9.17) is 4.74 Å². The molecule has 3 aromatic rings. The Bertz CT molecular complexity index is 1030. The maximum atomic E-state index is 12.2. The fraction of sp³-hybridized carbons (Fsp3) is 0.261. The van der Waals surface area contributed by atoms with Gasteiger partial charge in [-0.1, -0.05) is 42.5 Å². The molecule has 1 aromatic heterocycles. The number of fused-ring (bicyclic) bond motifs is 1. The van der Waals surface area contributed by atoms with Crippen molar-refractivity contribution in [3.63, 3.8) is 0 Å². The molecule has 1 N–H and O–H groups in total. The normalized spacial score (nSPS) is 11.8. The summed E-state index contributed by atoms with van der Waals surface area (Å²) < 4.78 is 5.02. The van der Waals surface area contributed by atoms with Gasteiger partial charge in [0.15, 0.2) is 12.4 Å². The molecule has 3 rings (SSSR count). The number of carbonyl (C=O) groups excluding carboxylic acids is 3. The highest BCUT2D eigenvalue weighted by atomic mass is 32.1. The Hall–Kier alpha value is -2.99. The zero-order valence-electron chi connectivity index (χ0n) is 16.4. The van der Waals surface area contributed by atoms with Crippen molar-refractivity contribution in [2.75, 3.05) is 6.61 Å². The minimum absolute atomic E-state index is 0.0397. The van der Waals surface area contributed by atoms with E-state index < -0.39 is 5.97 Å². The molecule has 1 heterocycles. The molecule has 1 amide bonds. The molecule has 5 nitrogen and oxygen atoms in total. The summed E-state index contributed by atoms with van der Waals surface area (Å²) in [4.78, 5) is 37.8. The van der Waals surface area contributed by atoms with Gasteiger partial charge in [0.25, 0.3) is 5.91 Å². The van der Waals surface area contributed by atoms with Crippen LogP contribution in [0.3, 0.4) is 0 Å². The van der Waals surface area contributed by atoms with E-state index in [0.29, 0.717) is 4.88 Å². The molecule has 0 saturated heterocycles. The van der Waals surface area contributed by atoms with Crippen molar-refractivity contribution in [1.82, 2.24) is 5.32 Å². The molecule has 0 aliphatic carbocycles. The van der Waals surface area contributed by atoms with Crippen LogP contribution in [-0.4, -0.2) is 24.3 Å². The quantitative estimate of drug-likeness (QED) is 0.436. The average Bonchev–Trinajstić information content (AvgIpc) is 3.16. The predicted octanol–water partition coefficient (Wildman–Crippen LogP) is 4.59. The second-order valence-corrected chi connectivity index (χ2v) is 8.14. The molecule has 0 saturated carbocycles. The zero-order valence-corrected chi connectivity index (χ0v) is 17.3. The van der Waals surface area contributed by atoms with Crippen LogP contribution in [0.25, 0.3) is 10.8 Å². The Morgan fingerprint density at radius 3 is 2.52 bits per heavy atom. The van der Waals surface area contributed by atoms with Gasteiger partial charge in [0, 0.05) is 11.3 Å². The first kappa shape index (κ1) is 20.7. The molecule has 29 heavy (non-hydrogen) atoms. The van der Waals surface area contributed by atoms with Gasteiger partial charge >= 0.3 is 5.97 Å². The maximum absolute atomic E-state index is 12.2. The van der Waals surface area contributed by atoms with E-state index >= 15 is 0 Å². The minimum atomic E-state index is -0.556. The molecule has 0 unspecified atom stereocenters. The van der Waals surface area contributed by atoms with E-state index in [1.54, 1.807) is 6.07 Å². The molecule has 6 heteroatoms. The molecule has 0 aliphatic rings. The van der Waals surface area contributed by atoms with Crippen LogP contribution in [0.2, 0.25) is 0 Å². The van der Waals surface area contributed by atoms with Gasteiger partial charge in [0.05, 0.1) is 17.3 Å². The Morgan fingerprint density at radius 2 is 1.76 bits per heavy atom. The first-order chi connectivity index (χ1) is 13.9. The van der Waals surface area contributed by atoms with Crippen molar-refractivity contribution in [1.29, 1.82) is 0 Å². The third kappa shape index (κ3) is 5.51. The summed E-state index contributed by atoms with van der Waals surface area (Å²) in [6, 6.07) is 17.3. The van der Waals surface area contributed by atoms with Crippen LogP contribution in [0.1, 0.15) is 45.9 Å². The van der Waals surface area contributed by atoms with Gasteiger partial charge in [0.1, 0.15) is 0 Å². The molecule has 1 atom stereocenters. The van der Waals surface area contributed by atoms with E-state index in [-0.39, 0.29) is 37.2 Å². The molecule has 0 aliphatic heterocycles. The van der Waals surface area contributed by atoms with Crippen LogP contribution in [0.4, 0.5) is 0 Å². The second kappa shape index (κ2) is 9.47. The van der Waals surface area contributed by atoms with E-state index in [1.807, 2.05) is 62.4 Å². The number of esters is 1. The van der Waals surface area contributed by atoms with Gasteiger partial charge in [0.2, 0.25) is 0 Å². The second-order valence-electron chi connectivity index (χ2n) is 6.85. The third-order valence-corrected chi connectivity index (χ3v) is 5.64. The number of ketones is 1. The molecular formula is C23H23NO4S. The third-order valence-electron chi connectivity index (χ3n) is 4.60. The lowest BCUT2D eigenvalue weighted by Gasteiger charge is -2.16. The Labute approximate surface area is 173 Å². The number of ether oxygens (including phenoxy) is 1. The summed E-state index contributed by atoms with van der Waals surface area (Å²) in [5.74, 6) is -1.02. The first-order valence-corrected chi connectivity index (χ1v) is 10.3. The van der Waals surface area contributed by atoms with Crippen LogP contribution in [0.15, 0.2) is 54.6 Å². The Morgan fingerprint density at radius 1 is 1.00 bits per heavy atom. The van der Waals surface area contributed by atoms with Crippen LogP contribution < -0.4 is 5.32 Å². The van der Waals surface area contributed by atoms with E-state index in [0.717, 1.165) is 21.2 Å². The highest BCUT2D eigenvalue weighted by Crippen LogP contribution is 2.24. The topological polar surface area (TPSA) is 72.5 Å². The zero-order chi connectivity index (χ0) is 20.8. The van der Waals surface area contributed by atoms with Crippen molar-refractivity contribution >= 4 is 39.8 Å². The van der Waals surface area contributed by atoms with Crippen LogP contribution in [-0.2, 0) is 14.3 Å². The monoisotopic (exact) mass is 409 g/mol. The molecule has 0 bridgehead atoms. The number of aryl methyl sites for hydroxylation is 1. The fourth-order valence-electron chi connectivity index (χ4n) is 3.13. The van der Waals surface area contributed by atoms with Crippen molar-refractivity contribution < 1.29 is 19.1 Å². The van der Waals surface area contributed by atoms with Crippen molar-refractivity contribution in [2.45, 2.75) is 32.7 Å². The highest BCUT2D eigenvalue weighted by molar-refractivity contribution is 7.14. The summed E-state index contributed by atoms with van der Waals surface area (Å²) in [5, 5.41) is 5.03. The largest absolute Gasteiger partial charge is 0.456 e. The predicted molar refractivity (Wildman–Crippen MR) is 114 cm³/mol. The van der Waals surface area contributed by atoms with Gasteiger partial charge < -0.3 is 10.1 Å². The summed E-state index contributed by atoms with van der Waals surface area (Å²) in [7, 11) is 0. The van der Waals surface area contributed by atoms with Gasteiger partial charge in [-0.3, -0.25) is 14.4 Å². The smallest absolute Gasteiger partial charge is 0.306 e.